The standard InChI is InChI=1S/C38H52N4O5/c1-6-8-9-10-11-14-25-42(36(45)32(23-24-33(39)43)41-37(46)47-38(3,4)5)34(29-19-17-27(7-2)18-20-29)35(44)40-31-22-21-28-15-12-13-16-30(28)26-31/h12-13,15-22,26,32,34H,6-11,14,23-25H2,1-5H3,(H2,39,43)(H,40,44)(H,41,46). The van der Waals surface area contributed by atoms with Crippen LogP contribution >= 0.6 is 0 Å². The van der Waals surface area contributed by atoms with Gasteiger partial charge in [0.1, 0.15) is 17.7 Å². The highest BCUT2D eigenvalue weighted by Gasteiger charge is 2.36. The first-order valence-electron chi connectivity index (χ1n) is 16.9. The number of alkyl carbamates (subject to hydrolysis) is 1. The Labute approximate surface area is 279 Å². The number of aryl methyl sites for hydroxylation is 1. The normalized spacial score (nSPS) is 12.6. The second-order valence-corrected chi connectivity index (χ2v) is 13.1. The van der Waals surface area contributed by atoms with E-state index in [1.54, 1.807) is 25.7 Å². The zero-order valence-electron chi connectivity index (χ0n) is 28.6. The van der Waals surface area contributed by atoms with Crippen LogP contribution < -0.4 is 16.4 Å². The molecule has 0 bridgehead atoms. The van der Waals surface area contributed by atoms with E-state index in [-0.39, 0.29) is 25.3 Å². The van der Waals surface area contributed by atoms with Crippen LogP contribution in [0.5, 0.6) is 0 Å². The van der Waals surface area contributed by atoms with E-state index < -0.39 is 35.6 Å². The summed E-state index contributed by atoms with van der Waals surface area (Å²) in [6, 6.07) is 19.1. The van der Waals surface area contributed by atoms with Gasteiger partial charge in [0.15, 0.2) is 0 Å². The van der Waals surface area contributed by atoms with Gasteiger partial charge in [-0.15, -0.1) is 0 Å². The molecule has 47 heavy (non-hydrogen) atoms. The Hall–Kier alpha value is -4.40. The van der Waals surface area contributed by atoms with Gasteiger partial charge in [-0.1, -0.05) is 101 Å². The van der Waals surface area contributed by atoms with Crippen LogP contribution in [0.3, 0.4) is 0 Å². The summed E-state index contributed by atoms with van der Waals surface area (Å²) in [6.45, 7) is 9.67. The molecule has 2 unspecified atom stereocenters. The SMILES string of the molecule is CCCCCCCCN(C(=O)C(CCC(N)=O)NC(=O)OC(C)(C)C)C(C(=O)Nc1ccc2ccccc2c1)c1ccc(CC)cc1. The molecular weight excluding hydrogens is 592 g/mol. The Bertz CT molecular complexity index is 1480. The summed E-state index contributed by atoms with van der Waals surface area (Å²) < 4.78 is 5.46. The predicted molar refractivity (Wildman–Crippen MR) is 188 cm³/mol. The number of nitrogens with zero attached hydrogens (tertiary/aromatic N) is 1. The van der Waals surface area contributed by atoms with Gasteiger partial charge in [0.2, 0.25) is 11.8 Å². The smallest absolute Gasteiger partial charge is 0.408 e. The molecule has 3 rings (SSSR count). The van der Waals surface area contributed by atoms with Crippen LogP contribution in [0.4, 0.5) is 10.5 Å². The van der Waals surface area contributed by atoms with Crippen molar-refractivity contribution < 1.29 is 23.9 Å². The van der Waals surface area contributed by atoms with Crippen molar-refractivity contribution in [2.75, 3.05) is 11.9 Å². The summed E-state index contributed by atoms with van der Waals surface area (Å²) in [5.74, 6) is -1.46. The fourth-order valence-corrected chi connectivity index (χ4v) is 5.51. The maximum absolute atomic E-state index is 14.5. The number of ether oxygens (including phenoxy) is 1. The number of rotatable bonds is 17. The quantitative estimate of drug-likeness (QED) is 0.132. The van der Waals surface area contributed by atoms with E-state index in [9.17, 15) is 19.2 Å². The van der Waals surface area contributed by atoms with E-state index in [4.69, 9.17) is 10.5 Å². The highest BCUT2D eigenvalue weighted by atomic mass is 16.6. The fourth-order valence-electron chi connectivity index (χ4n) is 5.51. The lowest BCUT2D eigenvalue weighted by Crippen LogP contribution is -2.52. The summed E-state index contributed by atoms with van der Waals surface area (Å²) in [5, 5.41) is 7.74. The van der Waals surface area contributed by atoms with E-state index in [2.05, 4.69) is 24.5 Å². The minimum atomic E-state index is -1.14. The molecule has 0 heterocycles. The summed E-state index contributed by atoms with van der Waals surface area (Å²) in [6.07, 6.45) is 5.77. The van der Waals surface area contributed by atoms with E-state index in [0.717, 1.165) is 54.9 Å². The molecule has 0 aromatic heterocycles. The highest BCUT2D eigenvalue weighted by molar-refractivity contribution is 6.00. The van der Waals surface area contributed by atoms with Crippen LogP contribution in [0.2, 0.25) is 0 Å². The van der Waals surface area contributed by atoms with Crippen molar-refractivity contribution in [1.82, 2.24) is 10.2 Å². The zero-order chi connectivity index (χ0) is 34.4. The first kappa shape index (κ1) is 37.1. The third-order valence-electron chi connectivity index (χ3n) is 7.98. The Morgan fingerprint density at radius 3 is 2.15 bits per heavy atom. The number of benzene rings is 3. The maximum Gasteiger partial charge on any atom is 0.408 e. The van der Waals surface area contributed by atoms with Gasteiger partial charge in [0, 0.05) is 18.7 Å². The summed E-state index contributed by atoms with van der Waals surface area (Å²) in [4.78, 5) is 55.1. The van der Waals surface area contributed by atoms with Gasteiger partial charge in [0.25, 0.3) is 5.91 Å². The molecule has 0 radical (unpaired) electrons. The van der Waals surface area contributed by atoms with E-state index in [1.807, 2.05) is 66.7 Å². The van der Waals surface area contributed by atoms with Crippen LogP contribution in [0.25, 0.3) is 10.8 Å². The Morgan fingerprint density at radius 1 is 0.851 bits per heavy atom. The molecule has 0 aliphatic rings. The molecule has 0 saturated heterocycles. The molecule has 3 aromatic carbocycles. The topological polar surface area (TPSA) is 131 Å². The van der Waals surface area contributed by atoms with Gasteiger partial charge in [0.05, 0.1) is 0 Å². The molecule has 0 spiro atoms. The van der Waals surface area contributed by atoms with Gasteiger partial charge < -0.3 is 26.0 Å². The minimum absolute atomic E-state index is 0.0335. The monoisotopic (exact) mass is 644 g/mol. The van der Waals surface area contributed by atoms with E-state index >= 15 is 0 Å². The molecule has 0 aliphatic heterocycles. The number of carbonyl (C=O) groups excluding carboxylic acids is 4. The Balaban J connectivity index is 2.03. The molecule has 0 aliphatic carbocycles. The molecule has 3 aromatic rings. The largest absolute Gasteiger partial charge is 0.444 e. The van der Waals surface area contributed by atoms with Crippen molar-refractivity contribution in [3.05, 3.63) is 77.9 Å². The molecule has 0 fully saturated rings. The molecule has 4 amide bonds. The van der Waals surface area contributed by atoms with Crippen molar-refractivity contribution in [1.29, 1.82) is 0 Å². The summed E-state index contributed by atoms with van der Waals surface area (Å²) in [5.41, 5.74) is 7.01. The van der Waals surface area contributed by atoms with Crippen molar-refractivity contribution in [2.24, 2.45) is 5.73 Å². The molecule has 9 heteroatoms. The number of fused-ring (bicyclic) bond motifs is 1. The summed E-state index contributed by atoms with van der Waals surface area (Å²) >= 11 is 0. The van der Waals surface area contributed by atoms with Gasteiger partial charge >= 0.3 is 6.09 Å². The fraction of sp³-hybridized carbons (Fsp3) is 0.474. The van der Waals surface area contributed by atoms with Crippen molar-refractivity contribution in [3.8, 4) is 0 Å². The average molecular weight is 645 g/mol. The predicted octanol–water partition coefficient (Wildman–Crippen LogP) is 7.43. The van der Waals surface area contributed by atoms with Crippen LogP contribution in [0.1, 0.15) is 103 Å². The van der Waals surface area contributed by atoms with Gasteiger partial charge in [-0.05, 0) is 74.1 Å². The lowest BCUT2D eigenvalue weighted by atomic mass is 9.99. The molecular formula is C38H52N4O5. The third kappa shape index (κ3) is 12.0. The number of anilines is 1. The number of carbonyl (C=O) groups is 4. The number of nitrogens with one attached hydrogen (secondary N) is 2. The second-order valence-electron chi connectivity index (χ2n) is 13.1. The van der Waals surface area contributed by atoms with E-state index in [1.165, 1.54) is 0 Å². The van der Waals surface area contributed by atoms with Gasteiger partial charge in [-0.25, -0.2) is 4.79 Å². The number of primary amides is 1. The average Bonchev–Trinajstić information content (AvgIpc) is 3.03. The molecule has 0 saturated carbocycles. The summed E-state index contributed by atoms with van der Waals surface area (Å²) in [7, 11) is 0. The van der Waals surface area contributed by atoms with Crippen LogP contribution in [0, 0.1) is 0 Å². The number of hydrogen-bond donors (Lipinski definition) is 3. The van der Waals surface area contributed by atoms with Crippen LogP contribution in [-0.4, -0.2) is 46.9 Å². The van der Waals surface area contributed by atoms with Crippen molar-refractivity contribution >= 4 is 40.3 Å². The first-order chi connectivity index (χ1) is 22.4. The Kier molecular flexibility index (Phi) is 14.2. The molecule has 254 valence electrons. The number of nitrogens with two attached hydrogens (primary N) is 1. The lowest BCUT2D eigenvalue weighted by molar-refractivity contribution is -0.141. The molecule has 4 N–H and O–H groups in total. The zero-order valence-corrected chi connectivity index (χ0v) is 28.6. The second kappa shape index (κ2) is 18.1. The molecule has 9 nitrogen and oxygen atoms in total. The van der Waals surface area contributed by atoms with Crippen LogP contribution in [0.15, 0.2) is 66.7 Å². The lowest BCUT2D eigenvalue weighted by Gasteiger charge is -2.34. The van der Waals surface area contributed by atoms with Crippen molar-refractivity contribution in [3.63, 3.8) is 0 Å². The Morgan fingerprint density at radius 2 is 1.51 bits per heavy atom. The third-order valence-corrected chi connectivity index (χ3v) is 7.98. The van der Waals surface area contributed by atoms with Crippen LogP contribution in [-0.2, 0) is 25.5 Å². The number of amides is 4. The van der Waals surface area contributed by atoms with Gasteiger partial charge in [-0.3, -0.25) is 14.4 Å². The number of hydrogen-bond acceptors (Lipinski definition) is 5. The highest BCUT2D eigenvalue weighted by Crippen LogP contribution is 2.28. The molecule has 2 atom stereocenters. The maximum atomic E-state index is 14.5. The van der Waals surface area contributed by atoms with Gasteiger partial charge in [-0.2, -0.15) is 0 Å². The van der Waals surface area contributed by atoms with E-state index in [0.29, 0.717) is 17.7 Å². The number of unbranched alkanes of at least 4 members (excludes halogenated alkanes) is 5. The first-order valence-corrected chi connectivity index (χ1v) is 16.9. The van der Waals surface area contributed by atoms with Crippen molar-refractivity contribution in [2.45, 2.75) is 110 Å². The minimum Gasteiger partial charge on any atom is -0.444 e.